The van der Waals surface area contributed by atoms with Crippen molar-refractivity contribution in [3.8, 4) is 0 Å². The molecule has 0 bridgehead atoms. The highest BCUT2D eigenvalue weighted by Crippen LogP contribution is 2.17. The number of ether oxygens (including phenoxy) is 2. The maximum atomic E-state index is 5.67. The van der Waals surface area contributed by atoms with Crippen LogP contribution in [0.2, 0.25) is 0 Å². The average molecular weight is 296 g/mol. The predicted octanol–water partition coefficient (Wildman–Crippen LogP) is 0.147. The van der Waals surface area contributed by atoms with Crippen LogP contribution in [-0.2, 0) is 9.47 Å². The minimum Gasteiger partial charge on any atom is -0.379 e. The SMILES string of the molecule is CN=C(NCC1CCCO1)N1CCC(N2CCOCC2)C1. The summed E-state index contributed by atoms with van der Waals surface area (Å²) in [5.41, 5.74) is 0. The summed E-state index contributed by atoms with van der Waals surface area (Å²) in [7, 11) is 1.87. The Balaban J connectivity index is 1.46. The fourth-order valence-corrected chi connectivity index (χ4v) is 3.52. The van der Waals surface area contributed by atoms with E-state index in [1.165, 1.54) is 19.3 Å². The van der Waals surface area contributed by atoms with E-state index in [-0.39, 0.29) is 0 Å². The highest BCUT2D eigenvalue weighted by atomic mass is 16.5. The molecular weight excluding hydrogens is 268 g/mol. The van der Waals surface area contributed by atoms with Crippen molar-refractivity contribution in [1.29, 1.82) is 0 Å². The van der Waals surface area contributed by atoms with Gasteiger partial charge in [-0.3, -0.25) is 9.89 Å². The molecule has 3 rings (SSSR count). The molecule has 1 N–H and O–H groups in total. The molecule has 120 valence electrons. The van der Waals surface area contributed by atoms with Gasteiger partial charge in [-0.2, -0.15) is 0 Å². The van der Waals surface area contributed by atoms with Crippen LogP contribution in [0.4, 0.5) is 0 Å². The average Bonchev–Trinajstić information content (AvgIpc) is 3.20. The predicted molar refractivity (Wildman–Crippen MR) is 82.7 cm³/mol. The third-order valence-corrected chi connectivity index (χ3v) is 4.75. The standard InChI is InChI=1S/C15H28N4O2/c1-16-15(17-11-14-3-2-8-21-14)19-5-4-13(12-19)18-6-9-20-10-7-18/h13-14H,2-12H2,1H3,(H,16,17). The number of morpholine rings is 1. The van der Waals surface area contributed by atoms with E-state index in [0.29, 0.717) is 12.1 Å². The molecule has 0 amide bonds. The Morgan fingerprint density at radius 1 is 1.19 bits per heavy atom. The maximum Gasteiger partial charge on any atom is 0.193 e. The Hall–Kier alpha value is -0.850. The van der Waals surface area contributed by atoms with Gasteiger partial charge in [0, 0.05) is 52.4 Å². The second-order valence-electron chi connectivity index (χ2n) is 6.10. The normalized spacial score (nSPS) is 31.9. The number of hydrogen-bond acceptors (Lipinski definition) is 4. The van der Waals surface area contributed by atoms with E-state index in [4.69, 9.17) is 9.47 Å². The number of nitrogens with one attached hydrogen (secondary N) is 1. The summed E-state index contributed by atoms with van der Waals surface area (Å²) in [5, 5.41) is 3.48. The molecule has 3 fully saturated rings. The molecule has 3 heterocycles. The van der Waals surface area contributed by atoms with E-state index < -0.39 is 0 Å². The van der Waals surface area contributed by atoms with E-state index in [0.717, 1.165) is 58.5 Å². The highest BCUT2D eigenvalue weighted by molar-refractivity contribution is 5.80. The molecule has 2 atom stereocenters. The minimum atomic E-state index is 0.361. The van der Waals surface area contributed by atoms with Crippen LogP contribution in [0.1, 0.15) is 19.3 Å². The van der Waals surface area contributed by atoms with Crippen molar-refractivity contribution >= 4 is 5.96 Å². The number of rotatable bonds is 3. The summed E-state index contributed by atoms with van der Waals surface area (Å²) >= 11 is 0. The van der Waals surface area contributed by atoms with Gasteiger partial charge in [0.05, 0.1) is 19.3 Å². The van der Waals surface area contributed by atoms with E-state index >= 15 is 0 Å². The molecule has 3 aliphatic rings. The van der Waals surface area contributed by atoms with Crippen molar-refractivity contribution in [1.82, 2.24) is 15.1 Å². The molecule has 6 nitrogen and oxygen atoms in total. The lowest BCUT2D eigenvalue weighted by Gasteiger charge is -2.32. The topological polar surface area (TPSA) is 49.3 Å². The van der Waals surface area contributed by atoms with Gasteiger partial charge < -0.3 is 19.7 Å². The molecule has 0 aromatic heterocycles. The Bertz CT molecular complexity index is 352. The fourth-order valence-electron chi connectivity index (χ4n) is 3.52. The maximum absolute atomic E-state index is 5.67. The first-order chi connectivity index (χ1) is 10.4. The van der Waals surface area contributed by atoms with Crippen molar-refractivity contribution in [3.05, 3.63) is 0 Å². The van der Waals surface area contributed by atoms with Crippen LogP contribution in [0.15, 0.2) is 4.99 Å². The highest BCUT2D eigenvalue weighted by Gasteiger charge is 2.30. The molecule has 0 saturated carbocycles. The van der Waals surface area contributed by atoms with Gasteiger partial charge in [-0.15, -0.1) is 0 Å². The van der Waals surface area contributed by atoms with Gasteiger partial charge in [-0.05, 0) is 19.3 Å². The summed E-state index contributed by atoms with van der Waals surface area (Å²) in [6.45, 7) is 7.85. The van der Waals surface area contributed by atoms with Crippen LogP contribution in [0.3, 0.4) is 0 Å². The third kappa shape index (κ3) is 3.87. The molecule has 0 aromatic carbocycles. The summed E-state index contributed by atoms with van der Waals surface area (Å²) < 4.78 is 11.1. The molecule has 0 aliphatic carbocycles. The Labute approximate surface area is 127 Å². The number of hydrogen-bond donors (Lipinski definition) is 1. The lowest BCUT2D eigenvalue weighted by atomic mass is 10.2. The number of aliphatic imine (C=N–C) groups is 1. The number of nitrogens with zero attached hydrogens (tertiary/aromatic N) is 3. The van der Waals surface area contributed by atoms with Gasteiger partial charge in [-0.25, -0.2) is 0 Å². The molecule has 3 saturated heterocycles. The third-order valence-electron chi connectivity index (χ3n) is 4.75. The van der Waals surface area contributed by atoms with Crippen molar-refractivity contribution in [2.24, 2.45) is 4.99 Å². The molecule has 2 unspecified atom stereocenters. The van der Waals surface area contributed by atoms with Crippen LogP contribution in [0, 0.1) is 0 Å². The summed E-state index contributed by atoms with van der Waals surface area (Å²) in [4.78, 5) is 9.39. The van der Waals surface area contributed by atoms with Crippen molar-refractivity contribution < 1.29 is 9.47 Å². The van der Waals surface area contributed by atoms with Crippen LogP contribution in [0.5, 0.6) is 0 Å². The van der Waals surface area contributed by atoms with Crippen LogP contribution < -0.4 is 5.32 Å². The molecule has 3 aliphatic heterocycles. The van der Waals surface area contributed by atoms with Crippen LogP contribution >= 0.6 is 0 Å². The van der Waals surface area contributed by atoms with E-state index in [2.05, 4.69) is 20.1 Å². The lowest BCUT2D eigenvalue weighted by Crippen LogP contribution is -2.47. The van der Waals surface area contributed by atoms with Gasteiger partial charge in [-0.1, -0.05) is 0 Å². The van der Waals surface area contributed by atoms with Crippen molar-refractivity contribution in [3.63, 3.8) is 0 Å². The van der Waals surface area contributed by atoms with Gasteiger partial charge in [0.2, 0.25) is 0 Å². The lowest BCUT2D eigenvalue weighted by molar-refractivity contribution is 0.0194. The first-order valence-electron chi connectivity index (χ1n) is 8.26. The number of guanidine groups is 1. The zero-order valence-corrected chi connectivity index (χ0v) is 13.1. The van der Waals surface area contributed by atoms with Crippen LogP contribution in [-0.4, -0.2) is 87.5 Å². The van der Waals surface area contributed by atoms with Gasteiger partial charge in [0.1, 0.15) is 0 Å². The summed E-state index contributed by atoms with van der Waals surface area (Å²) in [5.74, 6) is 1.03. The monoisotopic (exact) mass is 296 g/mol. The van der Waals surface area contributed by atoms with Crippen molar-refractivity contribution in [2.45, 2.75) is 31.4 Å². The van der Waals surface area contributed by atoms with E-state index in [1.807, 2.05) is 7.05 Å². The molecule has 0 spiro atoms. The van der Waals surface area contributed by atoms with Crippen molar-refractivity contribution in [2.75, 3.05) is 59.6 Å². The minimum absolute atomic E-state index is 0.361. The van der Waals surface area contributed by atoms with Gasteiger partial charge in [0.15, 0.2) is 5.96 Å². The van der Waals surface area contributed by atoms with E-state index in [9.17, 15) is 0 Å². The molecule has 21 heavy (non-hydrogen) atoms. The zero-order chi connectivity index (χ0) is 14.5. The summed E-state index contributed by atoms with van der Waals surface area (Å²) in [6, 6.07) is 0.648. The summed E-state index contributed by atoms with van der Waals surface area (Å²) in [6.07, 6.45) is 3.94. The Morgan fingerprint density at radius 3 is 2.76 bits per heavy atom. The second-order valence-corrected chi connectivity index (χ2v) is 6.10. The van der Waals surface area contributed by atoms with Crippen LogP contribution in [0.25, 0.3) is 0 Å². The fraction of sp³-hybridized carbons (Fsp3) is 0.933. The smallest absolute Gasteiger partial charge is 0.193 e. The Kier molecular flexibility index (Phi) is 5.32. The van der Waals surface area contributed by atoms with Gasteiger partial charge in [0.25, 0.3) is 0 Å². The van der Waals surface area contributed by atoms with E-state index in [1.54, 1.807) is 0 Å². The molecule has 6 heteroatoms. The number of likely N-dealkylation sites (tertiary alicyclic amines) is 1. The Morgan fingerprint density at radius 2 is 2.05 bits per heavy atom. The first kappa shape index (κ1) is 15.1. The van der Waals surface area contributed by atoms with Gasteiger partial charge >= 0.3 is 0 Å². The molecule has 0 aromatic rings. The first-order valence-corrected chi connectivity index (χ1v) is 8.26. The largest absolute Gasteiger partial charge is 0.379 e. The molecular formula is C15H28N4O2. The molecule has 0 radical (unpaired) electrons. The quantitative estimate of drug-likeness (QED) is 0.593. The zero-order valence-electron chi connectivity index (χ0n) is 13.1. The second kappa shape index (κ2) is 7.42.